The number of aromatic nitrogens is 2. The van der Waals surface area contributed by atoms with Gasteiger partial charge in [0.05, 0.1) is 36.8 Å². The molecule has 0 bridgehead atoms. The number of halogens is 1. The third kappa shape index (κ3) is 1.70. The third-order valence-corrected chi connectivity index (χ3v) is 2.36. The number of hydrogen-bond acceptors (Lipinski definition) is 3. The molecule has 0 amide bonds. The van der Waals surface area contributed by atoms with Crippen LogP contribution in [0, 0.1) is 0 Å². The highest BCUT2D eigenvalue weighted by Gasteiger charge is 2.28. The second kappa shape index (κ2) is 3.65. The Morgan fingerprint density at radius 3 is 3.15 bits per heavy atom. The van der Waals surface area contributed by atoms with E-state index in [0.717, 1.165) is 5.69 Å². The molecule has 0 N–H and O–H groups in total. The van der Waals surface area contributed by atoms with Crippen molar-refractivity contribution in [3.05, 3.63) is 18.2 Å². The van der Waals surface area contributed by atoms with E-state index in [-0.39, 0.29) is 12.4 Å². The number of imidazole rings is 1. The Labute approximate surface area is 81.4 Å². The molecule has 1 saturated heterocycles. The van der Waals surface area contributed by atoms with E-state index in [1.807, 2.05) is 11.6 Å². The van der Waals surface area contributed by atoms with Gasteiger partial charge in [0.1, 0.15) is 0 Å². The van der Waals surface area contributed by atoms with Crippen LogP contribution in [0.25, 0.3) is 0 Å². The number of rotatable bonds is 2. The van der Waals surface area contributed by atoms with Crippen LogP contribution in [0.2, 0.25) is 0 Å². The smallest absolute Gasteiger partial charge is 0.201 e. The summed E-state index contributed by atoms with van der Waals surface area (Å²) in [4.78, 5) is 3.99. The first-order valence-corrected chi connectivity index (χ1v) is 4.64. The highest BCUT2D eigenvalue weighted by Crippen LogP contribution is 2.26. The van der Waals surface area contributed by atoms with Crippen LogP contribution in [0.15, 0.2) is 12.5 Å². The van der Waals surface area contributed by atoms with Crippen LogP contribution in [0.1, 0.15) is 12.0 Å². The Bertz CT molecular complexity index is 289. The topological polar surface area (TPSA) is 36.3 Å². The van der Waals surface area contributed by atoms with Crippen molar-refractivity contribution in [2.45, 2.75) is 12.4 Å². The number of hydrogen-bond donors (Lipinski definition) is 0. The molecule has 1 aromatic rings. The quantitative estimate of drug-likeness (QED) is 0.674. The summed E-state index contributed by atoms with van der Waals surface area (Å²) in [7, 11) is 1.91. The fraction of sp³-hybridized carbons (Fsp3) is 0.625. The maximum atomic E-state index is 5.65. The first-order chi connectivity index (χ1) is 6.31. The largest absolute Gasteiger partial charge is 0.344 e. The number of alkyl halides is 1. The van der Waals surface area contributed by atoms with Crippen LogP contribution in [-0.4, -0.2) is 28.1 Å². The van der Waals surface area contributed by atoms with Gasteiger partial charge in [-0.1, -0.05) is 0 Å². The van der Waals surface area contributed by atoms with E-state index < -0.39 is 0 Å². The standard InChI is InChI=1S/C8H11ClN2O2/c1-11-5-10-3-7(11)8-12-4-6(2-9)13-8/h3,5-6,8H,2,4H2,1H3. The number of nitrogens with zero attached hydrogens (tertiary/aromatic N) is 2. The van der Waals surface area contributed by atoms with E-state index in [1.54, 1.807) is 12.5 Å². The summed E-state index contributed by atoms with van der Waals surface area (Å²) < 4.78 is 12.8. The van der Waals surface area contributed by atoms with Gasteiger partial charge in [-0.2, -0.15) is 0 Å². The van der Waals surface area contributed by atoms with Crippen molar-refractivity contribution in [2.24, 2.45) is 7.05 Å². The molecule has 0 saturated carbocycles. The predicted molar refractivity (Wildman–Crippen MR) is 47.5 cm³/mol. The Hall–Kier alpha value is -0.580. The van der Waals surface area contributed by atoms with Gasteiger partial charge >= 0.3 is 0 Å². The summed E-state index contributed by atoms with van der Waals surface area (Å²) in [6, 6.07) is 0. The molecule has 0 aromatic carbocycles. The van der Waals surface area contributed by atoms with E-state index >= 15 is 0 Å². The second-order valence-electron chi connectivity index (χ2n) is 3.01. The Morgan fingerprint density at radius 2 is 2.62 bits per heavy atom. The fourth-order valence-electron chi connectivity index (χ4n) is 1.28. The molecule has 72 valence electrons. The molecule has 1 aliphatic rings. The predicted octanol–water partition coefficient (Wildman–Crippen LogP) is 1.07. The zero-order valence-corrected chi connectivity index (χ0v) is 8.07. The average Bonchev–Trinajstić information content (AvgIpc) is 2.71. The molecular formula is C8H11ClN2O2. The minimum atomic E-state index is -0.309. The summed E-state index contributed by atoms with van der Waals surface area (Å²) in [6.07, 6.45) is 3.15. The molecule has 1 fully saturated rings. The van der Waals surface area contributed by atoms with Crippen molar-refractivity contribution in [3.8, 4) is 0 Å². The van der Waals surface area contributed by atoms with Gasteiger partial charge in [0.15, 0.2) is 0 Å². The Kier molecular flexibility index (Phi) is 2.53. The SMILES string of the molecule is Cn1cncc1C1OCC(CCl)O1. The lowest BCUT2D eigenvalue weighted by Gasteiger charge is -2.09. The minimum absolute atomic E-state index is 0.00145. The van der Waals surface area contributed by atoms with E-state index in [9.17, 15) is 0 Å². The zero-order valence-electron chi connectivity index (χ0n) is 7.31. The van der Waals surface area contributed by atoms with E-state index in [2.05, 4.69) is 4.98 Å². The Balaban J connectivity index is 2.08. The van der Waals surface area contributed by atoms with Crippen molar-refractivity contribution in [1.29, 1.82) is 0 Å². The molecular weight excluding hydrogens is 192 g/mol. The van der Waals surface area contributed by atoms with Crippen molar-refractivity contribution in [3.63, 3.8) is 0 Å². The lowest BCUT2D eigenvalue weighted by atomic mass is 10.4. The molecule has 4 nitrogen and oxygen atoms in total. The summed E-state index contributed by atoms with van der Waals surface area (Å²) >= 11 is 5.65. The van der Waals surface area contributed by atoms with Crippen molar-refractivity contribution < 1.29 is 9.47 Å². The maximum Gasteiger partial charge on any atom is 0.201 e. The lowest BCUT2D eigenvalue weighted by Crippen LogP contribution is -2.11. The fourth-order valence-corrected chi connectivity index (χ4v) is 1.44. The first-order valence-electron chi connectivity index (χ1n) is 4.10. The van der Waals surface area contributed by atoms with Crippen molar-refractivity contribution >= 4 is 11.6 Å². The lowest BCUT2D eigenvalue weighted by molar-refractivity contribution is -0.0615. The molecule has 2 rings (SSSR count). The van der Waals surface area contributed by atoms with Crippen LogP contribution < -0.4 is 0 Å². The Morgan fingerprint density at radius 1 is 1.77 bits per heavy atom. The second-order valence-corrected chi connectivity index (χ2v) is 3.32. The number of ether oxygens (including phenoxy) is 2. The summed E-state index contributed by atoms with van der Waals surface area (Å²) in [5, 5.41) is 0. The highest BCUT2D eigenvalue weighted by atomic mass is 35.5. The highest BCUT2D eigenvalue weighted by molar-refractivity contribution is 6.18. The van der Waals surface area contributed by atoms with Gasteiger partial charge in [-0.15, -0.1) is 11.6 Å². The van der Waals surface area contributed by atoms with E-state index in [4.69, 9.17) is 21.1 Å². The molecule has 1 aromatic heterocycles. The van der Waals surface area contributed by atoms with Gasteiger partial charge in [-0.05, 0) is 0 Å². The number of aryl methyl sites for hydroxylation is 1. The van der Waals surface area contributed by atoms with Gasteiger partial charge in [0.2, 0.25) is 6.29 Å². The van der Waals surface area contributed by atoms with E-state index in [0.29, 0.717) is 12.5 Å². The molecule has 0 radical (unpaired) electrons. The zero-order chi connectivity index (χ0) is 9.26. The maximum absolute atomic E-state index is 5.65. The van der Waals surface area contributed by atoms with Crippen molar-refractivity contribution in [2.75, 3.05) is 12.5 Å². The van der Waals surface area contributed by atoms with Gasteiger partial charge in [0, 0.05) is 7.05 Å². The summed E-state index contributed by atoms with van der Waals surface area (Å²) in [6.45, 7) is 0.555. The molecule has 2 heterocycles. The summed E-state index contributed by atoms with van der Waals surface area (Å²) in [5.74, 6) is 0.467. The normalized spacial score (nSPS) is 28.2. The van der Waals surface area contributed by atoms with Crippen LogP contribution in [0.5, 0.6) is 0 Å². The van der Waals surface area contributed by atoms with Gasteiger partial charge in [0.25, 0.3) is 0 Å². The van der Waals surface area contributed by atoms with Crippen LogP contribution >= 0.6 is 11.6 Å². The first kappa shape index (κ1) is 8.99. The van der Waals surface area contributed by atoms with Crippen molar-refractivity contribution in [1.82, 2.24) is 9.55 Å². The molecule has 0 aliphatic carbocycles. The monoisotopic (exact) mass is 202 g/mol. The van der Waals surface area contributed by atoms with Crippen LogP contribution in [0.4, 0.5) is 0 Å². The average molecular weight is 203 g/mol. The molecule has 13 heavy (non-hydrogen) atoms. The molecule has 2 unspecified atom stereocenters. The minimum Gasteiger partial charge on any atom is -0.344 e. The van der Waals surface area contributed by atoms with Gasteiger partial charge in [-0.3, -0.25) is 0 Å². The van der Waals surface area contributed by atoms with Gasteiger partial charge in [-0.25, -0.2) is 4.98 Å². The van der Waals surface area contributed by atoms with Gasteiger partial charge < -0.3 is 14.0 Å². The molecule has 2 atom stereocenters. The van der Waals surface area contributed by atoms with E-state index in [1.165, 1.54) is 0 Å². The third-order valence-electron chi connectivity index (χ3n) is 2.02. The molecule has 5 heteroatoms. The summed E-state index contributed by atoms with van der Waals surface area (Å²) in [5.41, 5.74) is 0.924. The van der Waals surface area contributed by atoms with Crippen LogP contribution in [-0.2, 0) is 16.5 Å². The van der Waals surface area contributed by atoms with Crippen LogP contribution in [0.3, 0.4) is 0 Å². The molecule has 0 spiro atoms. The molecule has 1 aliphatic heterocycles.